The van der Waals surface area contributed by atoms with Crippen LogP contribution in [0.15, 0.2) is 0 Å². The van der Waals surface area contributed by atoms with Crippen molar-refractivity contribution in [1.82, 2.24) is 15.1 Å². The van der Waals surface area contributed by atoms with Gasteiger partial charge in [0.05, 0.1) is 0 Å². The molecule has 1 aliphatic carbocycles. The number of likely N-dealkylation sites (tertiary alicyclic amines) is 1. The molecule has 1 saturated carbocycles. The Bertz CT molecular complexity index is 230. The van der Waals surface area contributed by atoms with Crippen molar-refractivity contribution in [2.45, 2.75) is 56.7 Å². The van der Waals surface area contributed by atoms with E-state index in [0.717, 1.165) is 18.1 Å². The summed E-state index contributed by atoms with van der Waals surface area (Å²) in [6, 6.07) is 2.37. The van der Waals surface area contributed by atoms with Gasteiger partial charge in [0, 0.05) is 24.7 Å². The van der Waals surface area contributed by atoms with Crippen LogP contribution in [-0.2, 0) is 0 Å². The number of rotatable bonds is 3. The number of piperidine rings is 1. The van der Waals surface area contributed by atoms with Gasteiger partial charge < -0.3 is 10.2 Å². The lowest BCUT2D eigenvalue weighted by atomic mass is 9.88. The number of nitrogens with zero attached hydrogens (tertiary/aromatic N) is 2. The molecule has 0 radical (unpaired) electrons. The number of likely N-dealkylation sites (N-methyl/N-ethyl adjacent to an activating group) is 1. The maximum atomic E-state index is 3.47. The predicted octanol–water partition coefficient (Wildman–Crippen LogP) is 1.54. The van der Waals surface area contributed by atoms with Crippen LogP contribution in [0.5, 0.6) is 0 Å². The van der Waals surface area contributed by atoms with Gasteiger partial charge in [-0.1, -0.05) is 6.42 Å². The van der Waals surface area contributed by atoms with Gasteiger partial charge in [-0.3, -0.25) is 4.90 Å². The summed E-state index contributed by atoms with van der Waals surface area (Å²) in [6.45, 7) is 2.61. The first-order valence-corrected chi connectivity index (χ1v) is 7.28. The van der Waals surface area contributed by atoms with Crippen molar-refractivity contribution in [1.29, 1.82) is 0 Å². The van der Waals surface area contributed by atoms with Crippen molar-refractivity contribution in [2.24, 2.45) is 0 Å². The third-order valence-corrected chi connectivity index (χ3v) is 4.73. The lowest BCUT2D eigenvalue weighted by Crippen LogP contribution is -2.51. The highest BCUT2D eigenvalue weighted by molar-refractivity contribution is 4.87. The van der Waals surface area contributed by atoms with E-state index in [-0.39, 0.29) is 0 Å². The molecule has 3 unspecified atom stereocenters. The molecule has 0 amide bonds. The molecule has 3 atom stereocenters. The first-order valence-electron chi connectivity index (χ1n) is 7.28. The summed E-state index contributed by atoms with van der Waals surface area (Å²) in [4.78, 5) is 5.17. The van der Waals surface area contributed by atoms with Crippen LogP contribution in [0.4, 0.5) is 0 Å². The maximum absolute atomic E-state index is 3.47. The van der Waals surface area contributed by atoms with E-state index in [4.69, 9.17) is 0 Å². The van der Waals surface area contributed by atoms with Crippen LogP contribution >= 0.6 is 0 Å². The van der Waals surface area contributed by atoms with Crippen molar-refractivity contribution < 1.29 is 0 Å². The Balaban J connectivity index is 1.88. The van der Waals surface area contributed by atoms with Crippen molar-refractivity contribution in [3.05, 3.63) is 0 Å². The number of hydrogen-bond acceptors (Lipinski definition) is 3. The first-order chi connectivity index (χ1) is 8.20. The summed E-state index contributed by atoms with van der Waals surface area (Å²) < 4.78 is 0. The van der Waals surface area contributed by atoms with Crippen molar-refractivity contribution in [3.8, 4) is 0 Å². The van der Waals surface area contributed by atoms with Crippen LogP contribution in [-0.4, -0.2) is 62.2 Å². The Labute approximate surface area is 107 Å². The molecule has 0 aromatic carbocycles. The average Bonchev–Trinajstić information content (AvgIpc) is 2.39. The van der Waals surface area contributed by atoms with Gasteiger partial charge in [-0.2, -0.15) is 0 Å². The molecule has 2 rings (SSSR count). The summed E-state index contributed by atoms with van der Waals surface area (Å²) >= 11 is 0. The van der Waals surface area contributed by atoms with Crippen molar-refractivity contribution in [3.63, 3.8) is 0 Å². The van der Waals surface area contributed by atoms with E-state index in [9.17, 15) is 0 Å². The third kappa shape index (κ3) is 3.43. The Morgan fingerprint density at radius 1 is 1.12 bits per heavy atom. The second kappa shape index (κ2) is 6.17. The largest absolute Gasteiger partial charge is 0.317 e. The average molecular weight is 239 g/mol. The standard InChI is InChI=1S/C14H29N3/c1-15-12-6-4-7-13(10-12)17-9-5-8-14(11-17)16(2)3/h12-15H,4-11H2,1-3H3. The molecule has 0 aromatic heterocycles. The number of hydrogen-bond donors (Lipinski definition) is 1. The summed E-state index contributed by atoms with van der Waals surface area (Å²) in [5.74, 6) is 0. The van der Waals surface area contributed by atoms with E-state index in [2.05, 4.69) is 36.3 Å². The van der Waals surface area contributed by atoms with Crippen LogP contribution in [0.2, 0.25) is 0 Å². The van der Waals surface area contributed by atoms with Gasteiger partial charge in [-0.15, -0.1) is 0 Å². The second-order valence-corrected chi connectivity index (χ2v) is 6.06. The quantitative estimate of drug-likeness (QED) is 0.806. The normalized spacial score (nSPS) is 36.4. The third-order valence-electron chi connectivity index (χ3n) is 4.73. The van der Waals surface area contributed by atoms with Gasteiger partial charge >= 0.3 is 0 Å². The fourth-order valence-electron chi connectivity index (χ4n) is 3.49. The SMILES string of the molecule is CNC1CCCC(N2CCCC(N(C)C)C2)C1. The zero-order valence-corrected chi connectivity index (χ0v) is 11.8. The highest BCUT2D eigenvalue weighted by Gasteiger charge is 2.30. The minimum Gasteiger partial charge on any atom is -0.317 e. The minimum atomic E-state index is 0.758. The van der Waals surface area contributed by atoms with Crippen LogP contribution in [0.3, 0.4) is 0 Å². The van der Waals surface area contributed by atoms with Gasteiger partial charge in [-0.05, 0) is 59.8 Å². The predicted molar refractivity (Wildman–Crippen MR) is 73.4 cm³/mol. The Morgan fingerprint density at radius 3 is 2.65 bits per heavy atom. The van der Waals surface area contributed by atoms with Gasteiger partial charge in [-0.25, -0.2) is 0 Å². The van der Waals surface area contributed by atoms with E-state index in [1.54, 1.807) is 0 Å². The summed E-state index contributed by atoms with van der Waals surface area (Å²) in [6.07, 6.45) is 8.31. The minimum absolute atomic E-state index is 0.758. The number of nitrogens with one attached hydrogen (secondary N) is 1. The molecule has 0 aromatic rings. The van der Waals surface area contributed by atoms with E-state index in [1.807, 2.05) is 0 Å². The highest BCUT2D eigenvalue weighted by atomic mass is 15.2. The monoisotopic (exact) mass is 239 g/mol. The van der Waals surface area contributed by atoms with Gasteiger partial charge in [0.1, 0.15) is 0 Å². The summed E-state index contributed by atoms with van der Waals surface area (Å²) in [7, 11) is 6.57. The van der Waals surface area contributed by atoms with E-state index >= 15 is 0 Å². The second-order valence-electron chi connectivity index (χ2n) is 6.06. The zero-order valence-electron chi connectivity index (χ0n) is 11.8. The molecule has 17 heavy (non-hydrogen) atoms. The molecule has 1 aliphatic heterocycles. The maximum Gasteiger partial charge on any atom is 0.0217 e. The van der Waals surface area contributed by atoms with E-state index in [1.165, 1.54) is 51.6 Å². The molecule has 3 nitrogen and oxygen atoms in total. The fourth-order valence-corrected chi connectivity index (χ4v) is 3.49. The summed E-state index contributed by atoms with van der Waals surface area (Å²) in [5, 5.41) is 3.47. The molecule has 0 spiro atoms. The molecule has 1 saturated heterocycles. The van der Waals surface area contributed by atoms with Crippen molar-refractivity contribution >= 4 is 0 Å². The molecule has 1 N–H and O–H groups in total. The molecule has 2 fully saturated rings. The van der Waals surface area contributed by atoms with Gasteiger partial charge in [0.15, 0.2) is 0 Å². The molecule has 1 heterocycles. The van der Waals surface area contributed by atoms with Crippen LogP contribution in [0.25, 0.3) is 0 Å². The van der Waals surface area contributed by atoms with Crippen molar-refractivity contribution in [2.75, 3.05) is 34.2 Å². The lowest BCUT2D eigenvalue weighted by molar-refractivity contribution is 0.0720. The van der Waals surface area contributed by atoms with Gasteiger partial charge in [0.25, 0.3) is 0 Å². The molecule has 2 aliphatic rings. The first kappa shape index (κ1) is 13.3. The molecular weight excluding hydrogens is 210 g/mol. The molecule has 3 heteroatoms. The van der Waals surface area contributed by atoms with Crippen LogP contribution in [0.1, 0.15) is 38.5 Å². The van der Waals surface area contributed by atoms with Crippen LogP contribution < -0.4 is 5.32 Å². The van der Waals surface area contributed by atoms with E-state index < -0.39 is 0 Å². The fraction of sp³-hybridized carbons (Fsp3) is 1.00. The molecule has 0 bridgehead atoms. The zero-order chi connectivity index (χ0) is 12.3. The van der Waals surface area contributed by atoms with Crippen LogP contribution in [0, 0.1) is 0 Å². The Morgan fingerprint density at radius 2 is 1.94 bits per heavy atom. The van der Waals surface area contributed by atoms with Gasteiger partial charge in [0.2, 0.25) is 0 Å². The lowest BCUT2D eigenvalue weighted by Gasteiger charge is -2.43. The Hall–Kier alpha value is -0.120. The van der Waals surface area contributed by atoms with E-state index in [0.29, 0.717) is 0 Å². The topological polar surface area (TPSA) is 18.5 Å². The smallest absolute Gasteiger partial charge is 0.0217 e. The molecule has 100 valence electrons. The Kier molecular flexibility index (Phi) is 4.83. The highest BCUT2D eigenvalue weighted by Crippen LogP contribution is 2.26. The summed E-state index contributed by atoms with van der Waals surface area (Å²) in [5.41, 5.74) is 0. The molecular formula is C14H29N3.